The summed E-state index contributed by atoms with van der Waals surface area (Å²) in [4.78, 5) is 10.9. The number of anilines is 1. The fourth-order valence-electron chi connectivity index (χ4n) is 4.50. The highest BCUT2D eigenvalue weighted by Gasteiger charge is 2.20. The molecular formula is C23H26N4O. The summed E-state index contributed by atoms with van der Waals surface area (Å²) in [6.07, 6.45) is 9.17. The SMILES string of the molecule is Nc1nccc(-c2oc(CN3CCCCC3)cc2-c2ccc3c(c2)CCC3)n1. The van der Waals surface area contributed by atoms with Crippen molar-refractivity contribution in [3.05, 3.63) is 53.4 Å². The predicted octanol–water partition coefficient (Wildman–Crippen LogP) is 4.46. The van der Waals surface area contributed by atoms with Gasteiger partial charge in [0, 0.05) is 11.8 Å². The van der Waals surface area contributed by atoms with E-state index in [1.165, 1.54) is 48.8 Å². The van der Waals surface area contributed by atoms with Crippen LogP contribution in [0.3, 0.4) is 0 Å². The molecule has 2 N–H and O–H groups in total. The van der Waals surface area contributed by atoms with E-state index in [1.807, 2.05) is 6.07 Å². The van der Waals surface area contributed by atoms with Gasteiger partial charge in [0.25, 0.3) is 0 Å². The first-order valence-corrected chi connectivity index (χ1v) is 10.3. The molecule has 0 spiro atoms. The topological polar surface area (TPSA) is 68.2 Å². The number of hydrogen-bond donors (Lipinski definition) is 1. The Morgan fingerprint density at radius 1 is 0.964 bits per heavy atom. The van der Waals surface area contributed by atoms with Gasteiger partial charge >= 0.3 is 0 Å². The molecule has 0 radical (unpaired) electrons. The molecule has 1 aliphatic heterocycles. The Hall–Kier alpha value is -2.66. The van der Waals surface area contributed by atoms with E-state index in [-0.39, 0.29) is 5.95 Å². The molecule has 0 amide bonds. The lowest BCUT2D eigenvalue weighted by Gasteiger charge is -2.25. The second-order valence-electron chi connectivity index (χ2n) is 7.93. The molecule has 5 nitrogen and oxygen atoms in total. The molecule has 5 rings (SSSR count). The average molecular weight is 374 g/mol. The van der Waals surface area contributed by atoms with Crippen LogP contribution in [0.1, 0.15) is 42.6 Å². The lowest BCUT2D eigenvalue weighted by Crippen LogP contribution is -2.28. The zero-order valence-electron chi connectivity index (χ0n) is 16.2. The van der Waals surface area contributed by atoms with Gasteiger partial charge in [-0.05, 0) is 74.0 Å². The van der Waals surface area contributed by atoms with Crippen LogP contribution in [0.15, 0.2) is 40.9 Å². The number of fused-ring (bicyclic) bond motifs is 1. The first kappa shape index (κ1) is 17.4. The lowest BCUT2D eigenvalue weighted by atomic mass is 9.99. The summed E-state index contributed by atoms with van der Waals surface area (Å²) in [5.74, 6) is 2.05. The normalized spacial score (nSPS) is 17.0. The molecule has 144 valence electrons. The van der Waals surface area contributed by atoms with Crippen molar-refractivity contribution in [2.45, 2.75) is 45.1 Å². The van der Waals surface area contributed by atoms with E-state index < -0.39 is 0 Å². The molecule has 2 aliphatic rings. The van der Waals surface area contributed by atoms with E-state index in [9.17, 15) is 0 Å². The van der Waals surface area contributed by atoms with Crippen molar-refractivity contribution in [3.63, 3.8) is 0 Å². The van der Waals surface area contributed by atoms with Gasteiger partial charge < -0.3 is 10.2 Å². The largest absolute Gasteiger partial charge is 0.457 e. The number of aryl methyl sites for hydroxylation is 2. The third-order valence-corrected chi connectivity index (χ3v) is 5.93. The molecule has 0 saturated carbocycles. The van der Waals surface area contributed by atoms with E-state index >= 15 is 0 Å². The number of aromatic nitrogens is 2. The smallest absolute Gasteiger partial charge is 0.220 e. The van der Waals surface area contributed by atoms with Crippen molar-refractivity contribution in [1.29, 1.82) is 0 Å². The number of nitrogen functional groups attached to an aromatic ring is 1. The predicted molar refractivity (Wildman–Crippen MR) is 111 cm³/mol. The summed E-state index contributed by atoms with van der Waals surface area (Å²) in [7, 11) is 0. The zero-order chi connectivity index (χ0) is 18.9. The maximum Gasteiger partial charge on any atom is 0.220 e. The minimum absolute atomic E-state index is 0.270. The summed E-state index contributed by atoms with van der Waals surface area (Å²) in [6.45, 7) is 3.13. The van der Waals surface area contributed by atoms with E-state index in [0.29, 0.717) is 0 Å². The molecule has 1 aliphatic carbocycles. The zero-order valence-corrected chi connectivity index (χ0v) is 16.2. The molecule has 0 unspecified atom stereocenters. The molecule has 1 aromatic carbocycles. The van der Waals surface area contributed by atoms with Gasteiger partial charge in [-0.1, -0.05) is 24.6 Å². The summed E-state index contributed by atoms with van der Waals surface area (Å²) in [5.41, 5.74) is 11.8. The fourth-order valence-corrected chi connectivity index (χ4v) is 4.50. The van der Waals surface area contributed by atoms with Crippen molar-refractivity contribution in [2.24, 2.45) is 0 Å². The molecule has 0 atom stereocenters. The number of benzene rings is 1. The summed E-state index contributed by atoms with van der Waals surface area (Å²) in [5, 5.41) is 0. The van der Waals surface area contributed by atoms with E-state index in [1.54, 1.807) is 6.20 Å². The van der Waals surface area contributed by atoms with Crippen LogP contribution >= 0.6 is 0 Å². The summed E-state index contributed by atoms with van der Waals surface area (Å²) >= 11 is 0. The highest BCUT2D eigenvalue weighted by atomic mass is 16.3. The van der Waals surface area contributed by atoms with Crippen LogP contribution in [-0.2, 0) is 19.4 Å². The Bertz CT molecular complexity index is 988. The van der Waals surface area contributed by atoms with E-state index in [4.69, 9.17) is 10.2 Å². The van der Waals surface area contributed by atoms with Gasteiger partial charge in [-0.15, -0.1) is 0 Å². The molecule has 5 heteroatoms. The molecule has 3 aromatic rings. The van der Waals surface area contributed by atoms with Gasteiger partial charge in [0.05, 0.1) is 6.54 Å². The Balaban J connectivity index is 1.55. The lowest BCUT2D eigenvalue weighted by molar-refractivity contribution is 0.206. The number of nitrogens with two attached hydrogens (primary N) is 1. The quantitative estimate of drug-likeness (QED) is 0.730. The van der Waals surface area contributed by atoms with E-state index in [2.05, 4.69) is 39.1 Å². The molecule has 1 saturated heterocycles. The van der Waals surface area contributed by atoms with Crippen LogP contribution < -0.4 is 5.73 Å². The second kappa shape index (κ2) is 7.40. The van der Waals surface area contributed by atoms with Crippen LogP contribution in [0.2, 0.25) is 0 Å². The Labute approximate surface area is 165 Å². The van der Waals surface area contributed by atoms with Gasteiger partial charge in [-0.2, -0.15) is 0 Å². The Kier molecular flexibility index (Phi) is 4.61. The molecule has 1 fully saturated rings. The monoisotopic (exact) mass is 374 g/mol. The third kappa shape index (κ3) is 3.42. The van der Waals surface area contributed by atoms with Crippen molar-refractivity contribution >= 4 is 5.95 Å². The highest BCUT2D eigenvalue weighted by molar-refractivity contribution is 5.79. The van der Waals surface area contributed by atoms with Crippen LogP contribution in [0.25, 0.3) is 22.6 Å². The van der Waals surface area contributed by atoms with Gasteiger partial charge in [0.15, 0.2) is 5.76 Å². The first-order chi connectivity index (χ1) is 13.8. The Morgan fingerprint density at radius 3 is 2.68 bits per heavy atom. The molecule has 28 heavy (non-hydrogen) atoms. The van der Waals surface area contributed by atoms with Gasteiger partial charge in [-0.3, -0.25) is 4.90 Å². The number of piperidine rings is 1. The van der Waals surface area contributed by atoms with Crippen molar-refractivity contribution in [1.82, 2.24) is 14.9 Å². The van der Waals surface area contributed by atoms with Crippen molar-refractivity contribution in [2.75, 3.05) is 18.8 Å². The number of furan rings is 1. The maximum absolute atomic E-state index is 6.34. The minimum Gasteiger partial charge on any atom is -0.457 e. The van der Waals surface area contributed by atoms with Crippen LogP contribution in [0.4, 0.5) is 5.95 Å². The maximum atomic E-state index is 6.34. The van der Waals surface area contributed by atoms with Crippen LogP contribution in [-0.4, -0.2) is 28.0 Å². The highest BCUT2D eigenvalue weighted by Crippen LogP contribution is 2.37. The number of nitrogens with zero attached hydrogens (tertiary/aromatic N) is 3. The summed E-state index contributed by atoms with van der Waals surface area (Å²) in [6, 6.07) is 10.9. The van der Waals surface area contributed by atoms with Crippen molar-refractivity contribution < 1.29 is 4.42 Å². The van der Waals surface area contributed by atoms with Crippen molar-refractivity contribution in [3.8, 4) is 22.6 Å². The number of likely N-dealkylation sites (tertiary alicyclic amines) is 1. The van der Waals surface area contributed by atoms with Gasteiger partial charge in [-0.25, -0.2) is 9.97 Å². The van der Waals surface area contributed by atoms with Crippen LogP contribution in [0, 0.1) is 0 Å². The molecule has 2 aromatic heterocycles. The molecule has 3 heterocycles. The summed E-state index contributed by atoms with van der Waals surface area (Å²) < 4.78 is 6.34. The molecular weight excluding hydrogens is 348 g/mol. The standard InChI is InChI=1S/C23H26N4O/c24-23-25-10-9-21(26-23)22-20(18-8-7-16-5-4-6-17(16)13-18)14-19(28-22)15-27-11-2-1-3-12-27/h7-10,13-14H,1-6,11-12,15H2,(H2,24,25,26). The molecule has 0 bridgehead atoms. The average Bonchev–Trinajstić information content (AvgIpc) is 3.35. The van der Waals surface area contributed by atoms with Gasteiger partial charge in [0.1, 0.15) is 11.5 Å². The van der Waals surface area contributed by atoms with Crippen LogP contribution in [0.5, 0.6) is 0 Å². The second-order valence-corrected chi connectivity index (χ2v) is 7.93. The Morgan fingerprint density at radius 2 is 1.82 bits per heavy atom. The fraction of sp³-hybridized carbons (Fsp3) is 0.391. The van der Waals surface area contributed by atoms with Gasteiger partial charge in [0.2, 0.25) is 5.95 Å². The number of rotatable bonds is 4. The third-order valence-electron chi connectivity index (χ3n) is 5.93. The first-order valence-electron chi connectivity index (χ1n) is 10.3. The van der Waals surface area contributed by atoms with E-state index in [0.717, 1.165) is 48.8 Å². The minimum atomic E-state index is 0.270. The number of hydrogen-bond acceptors (Lipinski definition) is 5.